The van der Waals surface area contributed by atoms with Gasteiger partial charge in [-0.2, -0.15) is 12.6 Å². The molecule has 1 fully saturated rings. The number of rotatable bonds is 6. The van der Waals surface area contributed by atoms with Crippen LogP contribution in [0.1, 0.15) is 19.8 Å². The Bertz CT molecular complexity index is 321. The summed E-state index contributed by atoms with van der Waals surface area (Å²) in [6, 6.07) is 0. The van der Waals surface area contributed by atoms with Gasteiger partial charge in [0.25, 0.3) is 0 Å². The molecule has 3 nitrogen and oxygen atoms in total. The highest BCUT2D eigenvalue weighted by molar-refractivity contribution is 7.80. The van der Waals surface area contributed by atoms with Crippen molar-refractivity contribution in [1.29, 1.82) is 0 Å². The molecule has 1 aliphatic heterocycles. The molecule has 1 saturated heterocycles. The molecular formula is C13H23N3S2. The highest BCUT2D eigenvalue weighted by Crippen LogP contribution is 2.19. The Labute approximate surface area is 120 Å². The Morgan fingerprint density at radius 3 is 2.72 bits per heavy atom. The minimum absolute atomic E-state index is 0.754. The minimum atomic E-state index is 0.754. The first kappa shape index (κ1) is 14.2. The Kier molecular flexibility index (Phi) is 5.79. The first-order valence-electron chi connectivity index (χ1n) is 6.81. The van der Waals surface area contributed by atoms with E-state index in [-0.39, 0.29) is 0 Å². The van der Waals surface area contributed by atoms with Gasteiger partial charge in [0.05, 0.1) is 0 Å². The fraction of sp³-hybridized carbons (Fsp3) is 0.769. The number of aromatic nitrogens is 1. The molecule has 0 N–H and O–H groups in total. The van der Waals surface area contributed by atoms with Crippen LogP contribution in [-0.4, -0.2) is 48.4 Å². The monoisotopic (exact) mass is 285 g/mol. The lowest BCUT2D eigenvalue weighted by atomic mass is 10.1. The largest absolute Gasteiger partial charge is 0.346 e. The Hall–Kier alpha value is -0.260. The van der Waals surface area contributed by atoms with E-state index >= 15 is 0 Å². The van der Waals surface area contributed by atoms with E-state index in [0.29, 0.717) is 0 Å². The lowest BCUT2D eigenvalue weighted by Crippen LogP contribution is -2.48. The van der Waals surface area contributed by atoms with Gasteiger partial charge < -0.3 is 4.90 Å². The lowest BCUT2D eigenvalue weighted by molar-refractivity contribution is 0.221. The molecule has 0 spiro atoms. The molecule has 0 amide bonds. The van der Waals surface area contributed by atoms with Crippen LogP contribution in [0.2, 0.25) is 0 Å². The van der Waals surface area contributed by atoms with Crippen LogP contribution in [-0.2, 0) is 0 Å². The van der Waals surface area contributed by atoms with Crippen LogP contribution in [0.25, 0.3) is 0 Å². The molecule has 0 bridgehead atoms. The summed E-state index contributed by atoms with van der Waals surface area (Å²) in [4.78, 5) is 9.37. The van der Waals surface area contributed by atoms with Crippen molar-refractivity contribution in [3.05, 3.63) is 11.6 Å². The normalized spacial score (nSPS) is 19.1. The smallest absolute Gasteiger partial charge is 0.185 e. The first-order valence-corrected chi connectivity index (χ1v) is 8.32. The third kappa shape index (κ3) is 3.87. The second-order valence-electron chi connectivity index (χ2n) is 4.94. The summed E-state index contributed by atoms with van der Waals surface area (Å²) in [6.45, 7) is 8.01. The maximum atomic E-state index is 4.47. The van der Waals surface area contributed by atoms with Gasteiger partial charge in [0.15, 0.2) is 5.13 Å². The molecule has 1 aliphatic rings. The third-order valence-corrected chi connectivity index (χ3v) is 4.88. The van der Waals surface area contributed by atoms with Crippen molar-refractivity contribution in [3.8, 4) is 0 Å². The minimum Gasteiger partial charge on any atom is -0.346 e. The molecule has 102 valence electrons. The number of thiazole rings is 1. The molecule has 1 atom stereocenters. The van der Waals surface area contributed by atoms with Gasteiger partial charge in [-0.1, -0.05) is 13.3 Å². The number of nitrogens with zero attached hydrogens (tertiary/aromatic N) is 3. The van der Waals surface area contributed by atoms with Crippen molar-refractivity contribution < 1.29 is 0 Å². The third-order valence-electron chi connectivity index (χ3n) is 3.53. The van der Waals surface area contributed by atoms with Crippen molar-refractivity contribution in [3.63, 3.8) is 0 Å². The summed E-state index contributed by atoms with van der Waals surface area (Å²) in [5.74, 6) is 1.77. The number of anilines is 1. The quantitative estimate of drug-likeness (QED) is 0.811. The average molecular weight is 285 g/mol. The van der Waals surface area contributed by atoms with Crippen LogP contribution >= 0.6 is 24.0 Å². The fourth-order valence-corrected chi connectivity index (χ4v) is 3.50. The van der Waals surface area contributed by atoms with Crippen molar-refractivity contribution >= 4 is 29.1 Å². The van der Waals surface area contributed by atoms with E-state index in [2.05, 4.69) is 39.7 Å². The van der Waals surface area contributed by atoms with Gasteiger partial charge in [-0.05, 0) is 18.1 Å². The standard InChI is InChI=1S/C13H23N3S2/c1-2-3-12(11-17)10-15-5-7-16(8-6-15)13-14-4-9-18-13/h4,9,12,17H,2-3,5-8,10-11H2,1H3. The summed E-state index contributed by atoms with van der Waals surface area (Å²) in [5, 5.41) is 3.23. The maximum absolute atomic E-state index is 4.47. The van der Waals surface area contributed by atoms with E-state index in [1.165, 1.54) is 24.5 Å². The highest BCUT2D eigenvalue weighted by Gasteiger charge is 2.20. The van der Waals surface area contributed by atoms with E-state index < -0.39 is 0 Å². The van der Waals surface area contributed by atoms with Gasteiger partial charge in [0, 0.05) is 44.3 Å². The number of piperazine rings is 1. The van der Waals surface area contributed by atoms with Crippen LogP contribution < -0.4 is 4.90 Å². The highest BCUT2D eigenvalue weighted by atomic mass is 32.1. The van der Waals surface area contributed by atoms with Gasteiger partial charge in [0.2, 0.25) is 0 Å². The van der Waals surface area contributed by atoms with E-state index in [4.69, 9.17) is 0 Å². The molecule has 5 heteroatoms. The maximum Gasteiger partial charge on any atom is 0.185 e. The average Bonchev–Trinajstić information content (AvgIpc) is 2.93. The number of hydrogen-bond acceptors (Lipinski definition) is 5. The molecule has 2 rings (SSSR count). The second kappa shape index (κ2) is 7.36. The van der Waals surface area contributed by atoms with Crippen molar-refractivity contribution in [1.82, 2.24) is 9.88 Å². The molecule has 2 heterocycles. The Morgan fingerprint density at radius 2 is 2.17 bits per heavy atom. The van der Waals surface area contributed by atoms with Crippen LogP contribution in [0.3, 0.4) is 0 Å². The number of thiol groups is 1. The van der Waals surface area contributed by atoms with E-state index in [1.807, 2.05) is 6.20 Å². The summed E-state index contributed by atoms with van der Waals surface area (Å²) >= 11 is 6.21. The molecule has 1 aromatic heterocycles. The molecule has 1 unspecified atom stereocenters. The zero-order valence-electron chi connectivity index (χ0n) is 11.1. The zero-order chi connectivity index (χ0) is 12.8. The van der Waals surface area contributed by atoms with E-state index in [1.54, 1.807) is 11.3 Å². The summed E-state index contributed by atoms with van der Waals surface area (Å²) < 4.78 is 0. The van der Waals surface area contributed by atoms with Gasteiger partial charge in [0.1, 0.15) is 0 Å². The van der Waals surface area contributed by atoms with Gasteiger partial charge in [-0.25, -0.2) is 4.98 Å². The van der Waals surface area contributed by atoms with Crippen molar-refractivity contribution in [2.24, 2.45) is 5.92 Å². The van der Waals surface area contributed by atoms with Crippen LogP contribution in [0.5, 0.6) is 0 Å². The predicted molar refractivity (Wildman–Crippen MR) is 83.0 cm³/mol. The van der Waals surface area contributed by atoms with E-state index in [0.717, 1.165) is 37.8 Å². The van der Waals surface area contributed by atoms with Gasteiger partial charge in [-0.3, -0.25) is 4.90 Å². The summed E-state index contributed by atoms with van der Waals surface area (Å²) in [7, 11) is 0. The summed E-state index contributed by atoms with van der Waals surface area (Å²) in [5.41, 5.74) is 0. The van der Waals surface area contributed by atoms with Gasteiger partial charge in [-0.15, -0.1) is 11.3 Å². The summed E-state index contributed by atoms with van der Waals surface area (Å²) in [6.07, 6.45) is 4.46. The molecule has 0 radical (unpaired) electrons. The zero-order valence-corrected chi connectivity index (χ0v) is 12.8. The molecule has 1 aromatic rings. The van der Waals surface area contributed by atoms with Gasteiger partial charge >= 0.3 is 0 Å². The fourth-order valence-electron chi connectivity index (χ4n) is 2.51. The van der Waals surface area contributed by atoms with Crippen molar-refractivity contribution in [2.75, 3.05) is 43.4 Å². The second-order valence-corrected chi connectivity index (χ2v) is 6.18. The predicted octanol–water partition coefficient (Wildman–Crippen LogP) is 2.61. The first-order chi connectivity index (χ1) is 8.83. The number of hydrogen-bond donors (Lipinski definition) is 1. The van der Waals surface area contributed by atoms with Crippen molar-refractivity contribution in [2.45, 2.75) is 19.8 Å². The molecule has 18 heavy (non-hydrogen) atoms. The van der Waals surface area contributed by atoms with E-state index in [9.17, 15) is 0 Å². The Morgan fingerprint density at radius 1 is 1.39 bits per heavy atom. The SMILES string of the molecule is CCCC(CS)CN1CCN(c2nccs2)CC1. The van der Waals surface area contributed by atoms with Crippen LogP contribution in [0.4, 0.5) is 5.13 Å². The molecule has 0 saturated carbocycles. The van der Waals surface area contributed by atoms with Crippen LogP contribution in [0.15, 0.2) is 11.6 Å². The molecule has 0 aliphatic carbocycles. The Balaban J connectivity index is 1.76. The molecular weight excluding hydrogens is 262 g/mol. The van der Waals surface area contributed by atoms with Crippen LogP contribution in [0, 0.1) is 5.92 Å². The lowest BCUT2D eigenvalue weighted by Gasteiger charge is -2.36. The molecule has 0 aromatic carbocycles. The topological polar surface area (TPSA) is 19.4 Å².